The standard InChI is InChI=1S/C12H25NO/c1-4-5-10(2)8-13-11(3)12-6-7-14-9-12/h10-13H,4-9H2,1-3H3. The van der Waals surface area contributed by atoms with E-state index in [0.29, 0.717) is 6.04 Å². The van der Waals surface area contributed by atoms with E-state index >= 15 is 0 Å². The van der Waals surface area contributed by atoms with Gasteiger partial charge in [0.15, 0.2) is 0 Å². The molecule has 1 N–H and O–H groups in total. The van der Waals surface area contributed by atoms with Crippen LogP contribution in [0.25, 0.3) is 0 Å². The van der Waals surface area contributed by atoms with E-state index in [1.807, 2.05) is 0 Å². The fourth-order valence-corrected chi connectivity index (χ4v) is 2.10. The van der Waals surface area contributed by atoms with Crippen LogP contribution in [-0.4, -0.2) is 25.8 Å². The molecule has 1 rings (SSSR count). The minimum Gasteiger partial charge on any atom is -0.381 e. The summed E-state index contributed by atoms with van der Waals surface area (Å²) in [7, 11) is 0. The molecule has 3 atom stereocenters. The normalized spacial score (nSPS) is 26.4. The molecule has 0 aromatic carbocycles. The van der Waals surface area contributed by atoms with Gasteiger partial charge in [-0.15, -0.1) is 0 Å². The maximum absolute atomic E-state index is 5.39. The summed E-state index contributed by atoms with van der Waals surface area (Å²) in [4.78, 5) is 0. The van der Waals surface area contributed by atoms with Gasteiger partial charge >= 0.3 is 0 Å². The first-order chi connectivity index (χ1) is 6.74. The summed E-state index contributed by atoms with van der Waals surface area (Å²) in [6.07, 6.45) is 3.86. The monoisotopic (exact) mass is 199 g/mol. The summed E-state index contributed by atoms with van der Waals surface area (Å²) in [6.45, 7) is 9.94. The van der Waals surface area contributed by atoms with Crippen molar-refractivity contribution in [3.8, 4) is 0 Å². The van der Waals surface area contributed by atoms with E-state index in [1.54, 1.807) is 0 Å². The Balaban J connectivity index is 2.10. The van der Waals surface area contributed by atoms with E-state index in [4.69, 9.17) is 4.74 Å². The number of hydrogen-bond acceptors (Lipinski definition) is 2. The second-order valence-electron chi connectivity index (χ2n) is 4.71. The van der Waals surface area contributed by atoms with Gasteiger partial charge in [-0.3, -0.25) is 0 Å². The maximum Gasteiger partial charge on any atom is 0.0509 e. The molecule has 1 aliphatic heterocycles. The molecule has 1 heterocycles. The second-order valence-corrected chi connectivity index (χ2v) is 4.71. The third-order valence-corrected chi connectivity index (χ3v) is 3.24. The third kappa shape index (κ3) is 3.97. The summed E-state index contributed by atoms with van der Waals surface area (Å²) >= 11 is 0. The molecule has 14 heavy (non-hydrogen) atoms. The van der Waals surface area contributed by atoms with Crippen molar-refractivity contribution in [2.45, 2.75) is 46.1 Å². The van der Waals surface area contributed by atoms with Gasteiger partial charge < -0.3 is 10.1 Å². The Morgan fingerprint density at radius 1 is 1.43 bits per heavy atom. The van der Waals surface area contributed by atoms with Gasteiger partial charge in [-0.05, 0) is 38.1 Å². The molecule has 0 aromatic rings. The van der Waals surface area contributed by atoms with Crippen molar-refractivity contribution < 1.29 is 4.74 Å². The van der Waals surface area contributed by atoms with Crippen LogP contribution in [0.2, 0.25) is 0 Å². The first-order valence-electron chi connectivity index (χ1n) is 6.05. The van der Waals surface area contributed by atoms with Gasteiger partial charge in [-0.1, -0.05) is 20.3 Å². The molecule has 0 spiro atoms. The predicted molar refractivity (Wildman–Crippen MR) is 60.5 cm³/mol. The van der Waals surface area contributed by atoms with Gasteiger partial charge in [0.2, 0.25) is 0 Å². The summed E-state index contributed by atoms with van der Waals surface area (Å²) in [5.74, 6) is 1.55. The Morgan fingerprint density at radius 3 is 2.79 bits per heavy atom. The molecular formula is C12H25NO. The van der Waals surface area contributed by atoms with Crippen LogP contribution in [-0.2, 0) is 4.74 Å². The first-order valence-corrected chi connectivity index (χ1v) is 6.05. The van der Waals surface area contributed by atoms with Crippen LogP contribution < -0.4 is 5.32 Å². The van der Waals surface area contributed by atoms with Crippen LogP contribution >= 0.6 is 0 Å². The first kappa shape index (κ1) is 12.0. The van der Waals surface area contributed by atoms with Crippen molar-refractivity contribution in [1.82, 2.24) is 5.32 Å². The molecule has 3 unspecified atom stereocenters. The predicted octanol–water partition coefficient (Wildman–Crippen LogP) is 2.44. The molecule has 1 saturated heterocycles. The van der Waals surface area contributed by atoms with Crippen LogP contribution in [0.5, 0.6) is 0 Å². The van der Waals surface area contributed by atoms with Gasteiger partial charge in [0.25, 0.3) is 0 Å². The van der Waals surface area contributed by atoms with Crippen LogP contribution in [0, 0.1) is 11.8 Å². The number of ether oxygens (including phenoxy) is 1. The summed E-state index contributed by atoms with van der Waals surface area (Å²) in [5, 5.41) is 3.63. The molecular weight excluding hydrogens is 174 g/mol. The fraction of sp³-hybridized carbons (Fsp3) is 1.00. The zero-order valence-corrected chi connectivity index (χ0v) is 9.88. The highest BCUT2D eigenvalue weighted by atomic mass is 16.5. The minimum absolute atomic E-state index is 0.622. The molecule has 0 aliphatic carbocycles. The van der Waals surface area contributed by atoms with Crippen molar-refractivity contribution in [2.24, 2.45) is 11.8 Å². The van der Waals surface area contributed by atoms with Crippen LogP contribution in [0.1, 0.15) is 40.0 Å². The Kier molecular flexibility index (Phi) is 5.49. The molecule has 84 valence electrons. The van der Waals surface area contributed by atoms with E-state index in [0.717, 1.165) is 31.6 Å². The lowest BCUT2D eigenvalue weighted by molar-refractivity contribution is 0.177. The van der Waals surface area contributed by atoms with Crippen molar-refractivity contribution >= 4 is 0 Å². The summed E-state index contributed by atoms with van der Waals surface area (Å²) in [6, 6.07) is 0.622. The van der Waals surface area contributed by atoms with E-state index < -0.39 is 0 Å². The highest BCUT2D eigenvalue weighted by Gasteiger charge is 2.21. The van der Waals surface area contributed by atoms with Gasteiger partial charge in [-0.2, -0.15) is 0 Å². The number of rotatable bonds is 6. The second kappa shape index (κ2) is 6.41. The highest BCUT2D eigenvalue weighted by Crippen LogP contribution is 2.16. The Labute approximate surface area is 88.4 Å². The average Bonchev–Trinajstić information content (AvgIpc) is 2.67. The van der Waals surface area contributed by atoms with Crippen molar-refractivity contribution in [3.05, 3.63) is 0 Å². The van der Waals surface area contributed by atoms with Crippen LogP contribution in [0.15, 0.2) is 0 Å². The molecule has 0 bridgehead atoms. The summed E-state index contributed by atoms with van der Waals surface area (Å²) < 4.78 is 5.39. The SMILES string of the molecule is CCCC(C)CNC(C)C1CCOC1. The van der Waals surface area contributed by atoms with E-state index in [1.165, 1.54) is 19.3 Å². The Bertz CT molecular complexity index is 143. The minimum atomic E-state index is 0.622. The van der Waals surface area contributed by atoms with Crippen molar-refractivity contribution in [1.29, 1.82) is 0 Å². The third-order valence-electron chi connectivity index (χ3n) is 3.24. The Morgan fingerprint density at radius 2 is 2.21 bits per heavy atom. The van der Waals surface area contributed by atoms with Crippen LogP contribution in [0.3, 0.4) is 0 Å². The quantitative estimate of drug-likeness (QED) is 0.709. The fourth-order valence-electron chi connectivity index (χ4n) is 2.10. The molecule has 1 aliphatic rings. The van der Waals surface area contributed by atoms with E-state index in [-0.39, 0.29) is 0 Å². The van der Waals surface area contributed by atoms with Crippen molar-refractivity contribution in [2.75, 3.05) is 19.8 Å². The largest absolute Gasteiger partial charge is 0.381 e. The average molecular weight is 199 g/mol. The van der Waals surface area contributed by atoms with E-state index in [9.17, 15) is 0 Å². The molecule has 0 aromatic heterocycles. The van der Waals surface area contributed by atoms with Gasteiger partial charge in [0.05, 0.1) is 6.61 Å². The lowest BCUT2D eigenvalue weighted by atomic mass is 9.99. The molecule has 0 saturated carbocycles. The smallest absolute Gasteiger partial charge is 0.0509 e. The topological polar surface area (TPSA) is 21.3 Å². The van der Waals surface area contributed by atoms with Gasteiger partial charge in [0, 0.05) is 12.6 Å². The molecule has 2 heteroatoms. The zero-order chi connectivity index (χ0) is 10.4. The molecule has 0 amide bonds. The maximum atomic E-state index is 5.39. The lowest BCUT2D eigenvalue weighted by Crippen LogP contribution is -2.36. The Hall–Kier alpha value is -0.0800. The molecule has 0 radical (unpaired) electrons. The highest BCUT2D eigenvalue weighted by molar-refractivity contribution is 4.76. The molecule has 2 nitrogen and oxygen atoms in total. The zero-order valence-electron chi connectivity index (χ0n) is 9.88. The lowest BCUT2D eigenvalue weighted by Gasteiger charge is -2.21. The molecule has 1 fully saturated rings. The number of nitrogens with one attached hydrogen (secondary N) is 1. The number of hydrogen-bond donors (Lipinski definition) is 1. The van der Waals surface area contributed by atoms with Gasteiger partial charge in [-0.25, -0.2) is 0 Å². The van der Waals surface area contributed by atoms with Crippen LogP contribution in [0.4, 0.5) is 0 Å². The van der Waals surface area contributed by atoms with Gasteiger partial charge in [0.1, 0.15) is 0 Å². The van der Waals surface area contributed by atoms with E-state index in [2.05, 4.69) is 26.1 Å². The van der Waals surface area contributed by atoms with Crippen molar-refractivity contribution in [3.63, 3.8) is 0 Å². The summed E-state index contributed by atoms with van der Waals surface area (Å²) in [5.41, 5.74) is 0.